The first-order valence-electron chi connectivity index (χ1n) is 5.21. The van der Waals surface area contributed by atoms with E-state index in [0.29, 0.717) is 10.3 Å². The van der Waals surface area contributed by atoms with Crippen LogP contribution in [-0.4, -0.2) is 19.6 Å². The van der Waals surface area contributed by atoms with Gasteiger partial charge in [0, 0.05) is 9.35 Å². The van der Waals surface area contributed by atoms with Gasteiger partial charge in [-0.1, -0.05) is 25.4 Å². The van der Waals surface area contributed by atoms with E-state index in [1.54, 1.807) is 0 Å². The van der Waals surface area contributed by atoms with Crippen LogP contribution in [0, 0.1) is 5.92 Å². The monoisotopic (exact) mass is 339 g/mol. The van der Waals surface area contributed by atoms with Gasteiger partial charge in [0.15, 0.2) is 0 Å². The van der Waals surface area contributed by atoms with E-state index in [1.807, 2.05) is 6.07 Å². The Hall–Kier alpha value is -0.100. The van der Waals surface area contributed by atoms with Crippen LogP contribution < -0.4 is 5.32 Å². The smallest absolute Gasteiger partial charge is 0.328 e. The van der Waals surface area contributed by atoms with Gasteiger partial charge >= 0.3 is 5.97 Å². The van der Waals surface area contributed by atoms with Gasteiger partial charge in [-0.3, -0.25) is 5.32 Å². The maximum Gasteiger partial charge on any atom is 0.328 e. The SMILES string of the molecule is COC(=O)C(NCC(C)C)c1cc(Br)c(Cl)s1. The Morgan fingerprint density at radius 1 is 1.65 bits per heavy atom. The highest BCUT2D eigenvalue weighted by atomic mass is 79.9. The standard InChI is InChI=1S/C11H15BrClNO2S/c1-6(2)5-14-9(11(15)16-3)8-4-7(12)10(13)17-8/h4,6,9,14H,5H2,1-3H3. The molecule has 1 aromatic rings. The molecule has 3 nitrogen and oxygen atoms in total. The molecule has 0 aliphatic rings. The summed E-state index contributed by atoms with van der Waals surface area (Å²) in [5.74, 6) is 0.164. The Morgan fingerprint density at radius 3 is 2.71 bits per heavy atom. The molecule has 1 unspecified atom stereocenters. The molecule has 0 fully saturated rings. The molecule has 96 valence electrons. The molecular weight excluding hydrogens is 326 g/mol. The Kier molecular flexibility index (Phi) is 5.92. The third kappa shape index (κ3) is 4.25. The summed E-state index contributed by atoms with van der Waals surface area (Å²) < 4.78 is 6.24. The molecule has 0 amide bonds. The number of ether oxygens (including phenoxy) is 1. The van der Waals surface area contributed by atoms with E-state index in [-0.39, 0.29) is 5.97 Å². The molecule has 0 aliphatic heterocycles. The summed E-state index contributed by atoms with van der Waals surface area (Å²) in [5.41, 5.74) is 0. The summed E-state index contributed by atoms with van der Waals surface area (Å²) >= 11 is 10.7. The van der Waals surface area contributed by atoms with E-state index in [4.69, 9.17) is 16.3 Å². The average Bonchev–Trinajstić information content (AvgIpc) is 2.58. The van der Waals surface area contributed by atoms with Crippen molar-refractivity contribution in [3.63, 3.8) is 0 Å². The van der Waals surface area contributed by atoms with Crippen LogP contribution in [0.4, 0.5) is 0 Å². The highest BCUT2D eigenvalue weighted by Gasteiger charge is 2.24. The first-order valence-corrected chi connectivity index (χ1v) is 7.20. The lowest BCUT2D eigenvalue weighted by Crippen LogP contribution is -2.31. The molecule has 0 radical (unpaired) electrons. The molecule has 0 spiro atoms. The summed E-state index contributed by atoms with van der Waals surface area (Å²) in [5, 5.41) is 3.18. The number of hydrogen-bond donors (Lipinski definition) is 1. The van der Waals surface area contributed by atoms with Gasteiger partial charge in [-0.25, -0.2) is 4.79 Å². The number of hydrogen-bond acceptors (Lipinski definition) is 4. The predicted octanol–water partition coefficient (Wildman–Crippen LogP) is 3.62. The highest BCUT2D eigenvalue weighted by molar-refractivity contribution is 9.10. The fraction of sp³-hybridized carbons (Fsp3) is 0.545. The van der Waals surface area contributed by atoms with Crippen molar-refractivity contribution in [1.82, 2.24) is 5.32 Å². The zero-order valence-electron chi connectivity index (χ0n) is 9.92. The lowest BCUT2D eigenvalue weighted by Gasteiger charge is -2.16. The van der Waals surface area contributed by atoms with E-state index >= 15 is 0 Å². The summed E-state index contributed by atoms with van der Waals surface area (Å²) in [4.78, 5) is 12.6. The molecule has 0 saturated heterocycles. The van der Waals surface area contributed by atoms with Crippen molar-refractivity contribution in [2.24, 2.45) is 5.92 Å². The van der Waals surface area contributed by atoms with Gasteiger partial charge in [0.1, 0.15) is 10.4 Å². The van der Waals surface area contributed by atoms with Gasteiger partial charge in [0.2, 0.25) is 0 Å². The first kappa shape index (κ1) is 15.0. The fourth-order valence-corrected chi connectivity index (χ4v) is 3.08. The third-order valence-corrected chi connectivity index (χ3v) is 4.66. The van der Waals surface area contributed by atoms with Crippen molar-refractivity contribution in [1.29, 1.82) is 0 Å². The second-order valence-electron chi connectivity index (χ2n) is 4.03. The zero-order chi connectivity index (χ0) is 13.0. The van der Waals surface area contributed by atoms with E-state index < -0.39 is 6.04 Å². The van der Waals surface area contributed by atoms with E-state index in [1.165, 1.54) is 18.4 Å². The van der Waals surface area contributed by atoms with Crippen LogP contribution in [0.15, 0.2) is 10.5 Å². The van der Waals surface area contributed by atoms with E-state index in [2.05, 4.69) is 35.1 Å². The van der Waals surface area contributed by atoms with Gasteiger partial charge in [-0.2, -0.15) is 0 Å². The summed E-state index contributed by atoms with van der Waals surface area (Å²) in [7, 11) is 1.39. The Morgan fingerprint density at radius 2 is 2.29 bits per heavy atom. The number of thiophene rings is 1. The van der Waals surface area contributed by atoms with E-state index in [9.17, 15) is 4.79 Å². The molecule has 1 aromatic heterocycles. The molecule has 0 bridgehead atoms. The van der Waals surface area contributed by atoms with Crippen LogP contribution in [0.25, 0.3) is 0 Å². The average molecular weight is 341 g/mol. The van der Waals surface area contributed by atoms with Gasteiger partial charge < -0.3 is 4.74 Å². The normalized spacial score (nSPS) is 12.8. The molecule has 1 N–H and O–H groups in total. The third-order valence-electron chi connectivity index (χ3n) is 2.12. The topological polar surface area (TPSA) is 38.3 Å². The van der Waals surface area contributed by atoms with E-state index in [0.717, 1.165) is 15.9 Å². The van der Waals surface area contributed by atoms with Crippen molar-refractivity contribution < 1.29 is 9.53 Å². The molecule has 0 aromatic carbocycles. The van der Waals surface area contributed by atoms with Crippen LogP contribution in [0.2, 0.25) is 4.34 Å². The van der Waals surface area contributed by atoms with Crippen LogP contribution in [0.1, 0.15) is 24.8 Å². The summed E-state index contributed by atoms with van der Waals surface area (Å²) in [6, 6.07) is 1.40. The first-order chi connectivity index (χ1) is 7.95. The molecule has 0 saturated carbocycles. The van der Waals surface area contributed by atoms with Crippen molar-refractivity contribution in [3.8, 4) is 0 Å². The number of rotatable bonds is 5. The number of carbonyl (C=O) groups excluding carboxylic acids is 1. The zero-order valence-corrected chi connectivity index (χ0v) is 13.1. The molecule has 1 rings (SSSR count). The number of nitrogens with one attached hydrogen (secondary N) is 1. The molecule has 1 atom stereocenters. The van der Waals surface area contributed by atoms with Crippen molar-refractivity contribution in [3.05, 3.63) is 19.8 Å². The number of halogens is 2. The fourth-order valence-electron chi connectivity index (χ4n) is 1.28. The molecular formula is C11H15BrClNO2S. The van der Waals surface area contributed by atoms with Gasteiger partial charge in [0.05, 0.1) is 7.11 Å². The Labute approximate surface area is 119 Å². The largest absolute Gasteiger partial charge is 0.468 e. The maximum atomic E-state index is 11.7. The second kappa shape index (κ2) is 6.73. The van der Waals surface area contributed by atoms with Crippen LogP contribution in [0.3, 0.4) is 0 Å². The number of methoxy groups -OCH3 is 1. The summed E-state index contributed by atoms with van der Waals surface area (Å²) in [6.45, 7) is 4.91. The van der Waals surface area contributed by atoms with Gasteiger partial charge in [-0.15, -0.1) is 11.3 Å². The highest BCUT2D eigenvalue weighted by Crippen LogP contribution is 2.35. The molecule has 17 heavy (non-hydrogen) atoms. The van der Waals surface area contributed by atoms with Crippen molar-refractivity contribution >= 4 is 44.8 Å². The Bertz CT molecular complexity index is 375. The lowest BCUT2D eigenvalue weighted by molar-refractivity contribution is -0.143. The molecule has 1 heterocycles. The number of carbonyl (C=O) groups is 1. The van der Waals surface area contributed by atoms with Gasteiger partial charge in [0.25, 0.3) is 0 Å². The second-order valence-corrected chi connectivity index (χ2v) is 6.57. The number of esters is 1. The van der Waals surface area contributed by atoms with Gasteiger partial charge in [-0.05, 0) is 34.5 Å². The van der Waals surface area contributed by atoms with Crippen LogP contribution >= 0.6 is 38.9 Å². The van der Waals surface area contributed by atoms with Crippen molar-refractivity contribution in [2.45, 2.75) is 19.9 Å². The minimum absolute atomic E-state index is 0.295. The van der Waals surface area contributed by atoms with Crippen molar-refractivity contribution in [2.75, 3.05) is 13.7 Å². The lowest BCUT2D eigenvalue weighted by atomic mass is 10.2. The molecule has 0 aliphatic carbocycles. The predicted molar refractivity (Wildman–Crippen MR) is 74.6 cm³/mol. The maximum absolute atomic E-state index is 11.7. The van der Waals surface area contributed by atoms with Crippen LogP contribution in [0.5, 0.6) is 0 Å². The minimum Gasteiger partial charge on any atom is -0.468 e. The Balaban J connectivity index is 2.86. The summed E-state index contributed by atoms with van der Waals surface area (Å²) in [6.07, 6.45) is 0. The quantitative estimate of drug-likeness (QED) is 0.832. The molecule has 6 heteroatoms. The minimum atomic E-state index is -0.448. The van der Waals surface area contributed by atoms with Crippen LogP contribution in [-0.2, 0) is 9.53 Å².